The lowest BCUT2D eigenvalue weighted by Crippen LogP contribution is -2.57. The van der Waals surface area contributed by atoms with Gasteiger partial charge in [0.2, 0.25) is 0 Å². The fourth-order valence-electron chi connectivity index (χ4n) is 2.08. The number of piperazine rings is 1. The van der Waals surface area contributed by atoms with Crippen molar-refractivity contribution in [3.63, 3.8) is 0 Å². The summed E-state index contributed by atoms with van der Waals surface area (Å²) >= 11 is 0. The SMILES string of the molecule is CCN(CC)C(=N)C1CN(C)CCN1C. The van der Waals surface area contributed by atoms with Gasteiger partial charge in [-0.1, -0.05) is 0 Å². The van der Waals surface area contributed by atoms with Crippen LogP contribution in [0.2, 0.25) is 0 Å². The largest absolute Gasteiger partial charge is 0.360 e. The van der Waals surface area contributed by atoms with E-state index in [1.54, 1.807) is 0 Å². The lowest BCUT2D eigenvalue weighted by molar-refractivity contribution is 0.142. The molecule has 4 heteroatoms. The standard InChI is InChI=1S/C11H24N4/c1-5-15(6-2)11(12)10-9-13(3)7-8-14(10)4/h10,12H,5-9H2,1-4H3. The summed E-state index contributed by atoms with van der Waals surface area (Å²) in [7, 11) is 4.26. The van der Waals surface area contributed by atoms with Gasteiger partial charge in [-0.05, 0) is 27.9 Å². The van der Waals surface area contributed by atoms with Crippen molar-refractivity contribution >= 4 is 5.84 Å². The summed E-state index contributed by atoms with van der Waals surface area (Å²) in [5, 5.41) is 8.22. The normalized spacial score (nSPS) is 24.1. The Balaban J connectivity index is 2.63. The minimum atomic E-state index is 0.267. The van der Waals surface area contributed by atoms with E-state index in [4.69, 9.17) is 5.41 Å². The zero-order valence-electron chi connectivity index (χ0n) is 10.5. The second-order valence-electron chi connectivity index (χ2n) is 4.32. The van der Waals surface area contributed by atoms with Crippen molar-refractivity contribution in [2.45, 2.75) is 19.9 Å². The van der Waals surface area contributed by atoms with Crippen molar-refractivity contribution in [3.05, 3.63) is 0 Å². The quantitative estimate of drug-likeness (QED) is 0.548. The highest BCUT2D eigenvalue weighted by molar-refractivity contribution is 5.85. The van der Waals surface area contributed by atoms with Crippen LogP contribution >= 0.6 is 0 Å². The van der Waals surface area contributed by atoms with Gasteiger partial charge in [0.15, 0.2) is 0 Å². The van der Waals surface area contributed by atoms with Gasteiger partial charge in [-0.2, -0.15) is 0 Å². The van der Waals surface area contributed by atoms with E-state index in [0.29, 0.717) is 0 Å². The molecule has 1 rings (SSSR count). The summed E-state index contributed by atoms with van der Waals surface area (Å²) in [6.45, 7) is 9.25. The molecule has 0 amide bonds. The Morgan fingerprint density at radius 3 is 2.40 bits per heavy atom. The van der Waals surface area contributed by atoms with Crippen molar-refractivity contribution in [1.29, 1.82) is 5.41 Å². The van der Waals surface area contributed by atoms with Gasteiger partial charge in [-0.15, -0.1) is 0 Å². The molecular formula is C11H24N4. The Kier molecular flexibility index (Phi) is 4.54. The fraction of sp³-hybridized carbons (Fsp3) is 0.909. The molecule has 88 valence electrons. The van der Waals surface area contributed by atoms with E-state index in [0.717, 1.165) is 38.6 Å². The summed E-state index contributed by atoms with van der Waals surface area (Å²) in [6, 6.07) is 0.267. The molecule has 15 heavy (non-hydrogen) atoms. The molecule has 0 aliphatic carbocycles. The molecule has 0 saturated carbocycles. The molecular weight excluding hydrogens is 188 g/mol. The Hall–Kier alpha value is -0.610. The van der Waals surface area contributed by atoms with E-state index in [1.165, 1.54) is 0 Å². The zero-order chi connectivity index (χ0) is 11.4. The van der Waals surface area contributed by atoms with E-state index >= 15 is 0 Å². The molecule has 0 aromatic carbocycles. The van der Waals surface area contributed by atoms with Gasteiger partial charge in [0.1, 0.15) is 5.84 Å². The monoisotopic (exact) mass is 212 g/mol. The molecule has 1 saturated heterocycles. The van der Waals surface area contributed by atoms with Crippen LogP contribution in [-0.2, 0) is 0 Å². The number of hydrogen-bond donors (Lipinski definition) is 1. The third-order valence-corrected chi connectivity index (χ3v) is 3.27. The first-order chi connectivity index (χ1) is 7.10. The smallest absolute Gasteiger partial charge is 0.115 e. The first-order valence-corrected chi connectivity index (χ1v) is 5.82. The number of hydrogen-bond acceptors (Lipinski definition) is 3. The Labute approximate surface area is 93.3 Å². The van der Waals surface area contributed by atoms with Crippen LogP contribution in [0.1, 0.15) is 13.8 Å². The Morgan fingerprint density at radius 1 is 1.27 bits per heavy atom. The minimum absolute atomic E-state index is 0.267. The van der Waals surface area contributed by atoms with Crippen LogP contribution in [-0.4, -0.2) is 73.4 Å². The van der Waals surface area contributed by atoms with Crippen LogP contribution < -0.4 is 0 Å². The average molecular weight is 212 g/mol. The highest BCUT2D eigenvalue weighted by Crippen LogP contribution is 2.09. The Bertz CT molecular complexity index is 213. The van der Waals surface area contributed by atoms with Gasteiger partial charge in [-0.25, -0.2) is 0 Å². The maximum absolute atomic E-state index is 8.22. The minimum Gasteiger partial charge on any atom is -0.360 e. The predicted octanol–water partition coefficient (Wildman–Crippen LogP) is 0.551. The molecule has 1 heterocycles. The number of rotatable bonds is 3. The Morgan fingerprint density at radius 2 is 1.87 bits per heavy atom. The summed E-state index contributed by atoms with van der Waals surface area (Å²) < 4.78 is 0. The molecule has 0 bridgehead atoms. The van der Waals surface area contributed by atoms with E-state index in [-0.39, 0.29) is 6.04 Å². The molecule has 1 fully saturated rings. The second kappa shape index (κ2) is 5.47. The molecule has 0 aromatic rings. The molecule has 4 nitrogen and oxygen atoms in total. The van der Waals surface area contributed by atoms with E-state index < -0.39 is 0 Å². The van der Waals surface area contributed by atoms with Crippen LogP contribution in [0.15, 0.2) is 0 Å². The highest BCUT2D eigenvalue weighted by Gasteiger charge is 2.27. The molecule has 1 unspecified atom stereocenters. The molecule has 0 aromatic heterocycles. The molecule has 0 radical (unpaired) electrons. The fourth-order valence-corrected chi connectivity index (χ4v) is 2.08. The van der Waals surface area contributed by atoms with Crippen LogP contribution in [0.4, 0.5) is 0 Å². The molecule has 1 aliphatic heterocycles. The van der Waals surface area contributed by atoms with Gasteiger partial charge in [-0.3, -0.25) is 10.3 Å². The van der Waals surface area contributed by atoms with Gasteiger partial charge in [0.05, 0.1) is 6.04 Å². The number of nitrogens with one attached hydrogen (secondary N) is 1. The van der Waals surface area contributed by atoms with Crippen molar-refractivity contribution < 1.29 is 0 Å². The third kappa shape index (κ3) is 2.92. The average Bonchev–Trinajstić information content (AvgIpc) is 2.23. The lowest BCUT2D eigenvalue weighted by Gasteiger charge is -2.40. The molecule has 1 aliphatic rings. The van der Waals surface area contributed by atoms with Crippen molar-refractivity contribution in [1.82, 2.24) is 14.7 Å². The van der Waals surface area contributed by atoms with Crippen molar-refractivity contribution in [2.24, 2.45) is 0 Å². The number of likely N-dealkylation sites (N-methyl/N-ethyl adjacent to an activating group) is 3. The van der Waals surface area contributed by atoms with E-state index in [1.807, 2.05) is 0 Å². The summed E-state index contributed by atoms with van der Waals surface area (Å²) in [4.78, 5) is 6.74. The van der Waals surface area contributed by atoms with Crippen LogP contribution in [0.3, 0.4) is 0 Å². The first kappa shape index (κ1) is 12.5. The van der Waals surface area contributed by atoms with Crippen LogP contribution in [0.5, 0.6) is 0 Å². The maximum Gasteiger partial charge on any atom is 0.115 e. The number of amidine groups is 1. The van der Waals surface area contributed by atoms with E-state index in [9.17, 15) is 0 Å². The molecule has 1 N–H and O–H groups in total. The topological polar surface area (TPSA) is 33.6 Å². The molecule has 1 atom stereocenters. The summed E-state index contributed by atoms with van der Waals surface area (Å²) in [5.74, 6) is 0.772. The second-order valence-corrected chi connectivity index (χ2v) is 4.32. The maximum atomic E-state index is 8.22. The van der Waals surface area contributed by atoms with Gasteiger partial charge >= 0.3 is 0 Å². The number of nitrogens with zero attached hydrogens (tertiary/aromatic N) is 3. The van der Waals surface area contributed by atoms with Crippen LogP contribution in [0, 0.1) is 5.41 Å². The first-order valence-electron chi connectivity index (χ1n) is 5.82. The summed E-state index contributed by atoms with van der Waals surface area (Å²) in [6.07, 6.45) is 0. The van der Waals surface area contributed by atoms with Gasteiger partial charge in [0.25, 0.3) is 0 Å². The lowest BCUT2D eigenvalue weighted by atomic mass is 10.1. The molecule has 0 spiro atoms. The van der Waals surface area contributed by atoms with Gasteiger partial charge < -0.3 is 9.80 Å². The van der Waals surface area contributed by atoms with Crippen molar-refractivity contribution in [2.75, 3.05) is 46.8 Å². The highest BCUT2D eigenvalue weighted by atomic mass is 15.3. The van der Waals surface area contributed by atoms with E-state index in [2.05, 4.69) is 42.6 Å². The third-order valence-electron chi connectivity index (χ3n) is 3.27. The summed E-state index contributed by atoms with van der Waals surface area (Å²) in [5.41, 5.74) is 0. The zero-order valence-corrected chi connectivity index (χ0v) is 10.5. The van der Waals surface area contributed by atoms with Gasteiger partial charge in [0, 0.05) is 32.7 Å². The predicted molar refractivity (Wildman–Crippen MR) is 64.6 cm³/mol. The van der Waals surface area contributed by atoms with Crippen molar-refractivity contribution in [3.8, 4) is 0 Å². The van der Waals surface area contributed by atoms with Crippen LogP contribution in [0.25, 0.3) is 0 Å².